The fraction of sp³-hybridized carbons (Fsp3) is 0.562. The summed E-state index contributed by atoms with van der Waals surface area (Å²) in [4.78, 5) is 13.8. The summed E-state index contributed by atoms with van der Waals surface area (Å²) in [6.45, 7) is 8.19. The summed E-state index contributed by atoms with van der Waals surface area (Å²) in [5, 5.41) is 0. The molecule has 0 unspecified atom stereocenters. The van der Waals surface area contributed by atoms with Crippen molar-refractivity contribution in [1.82, 2.24) is 0 Å². The molecule has 2 nitrogen and oxygen atoms in total. The first-order valence-corrected chi connectivity index (χ1v) is 7.94. The lowest BCUT2D eigenvalue weighted by Gasteiger charge is -2.26. The molecular weight excluding hydrogens is 302 g/mol. The number of anilines is 1. The fourth-order valence-corrected chi connectivity index (χ4v) is 2.66. The maximum absolute atomic E-state index is 11.4. The van der Waals surface area contributed by atoms with E-state index < -0.39 is 0 Å². The molecule has 1 aromatic carbocycles. The fourth-order valence-electron chi connectivity index (χ4n) is 2.03. The van der Waals surface area contributed by atoms with Gasteiger partial charge in [-0.2, -0.15) is 0 Å². The number of carbonyl (C=O) groups excluding carboxylic acids is 1. The van der Waals surface area contributed by atoms with Crippen molar-refractivity contribution in [3.8, 4) is 0 Å². The summed E-state index contributed by atoms with van der Waals surface area (Å²) in [7, 11) is 0. The van der Waals surface area contributed by atoms with Gasteiger partial charge in [0.25, 0.3) is 0 Å². The third-order valence-electron chi connectivity index (χ3n) is 3.26. The summed E-state index contributed by atoms with van der Waals surface area (Å²) < 4.78 is 1.02. The number of carbonyl (C=O) groups is 1. The summed E-state index contributed by atoms with van der Waals surface area (Å²) in [6.07, 6.45) is 4.80. The van der Waals surface area contributed by atoms with E-state index in [0.29, 0.717) is 0 Å². The van der Waals surface area contributed by atoms with Crippen LogP contribution in [-0.2, 0) is 0 Å². The molecule has 0 radical (unpaired) electrons. The summed E-state index contributed by atoms with van der Waals surface area (Å²) in [5.41, 5.74) is 1.97. The molecule has 0 amide bonds. The molecule has 0 spiro atoms. The van der Waals surface area contributed by atoms with E-state index in [9.17, 15) is 4.79 Å². The number of Topliss-reactive ketones (excluding diaryl/α,β-unsaturated/α-hetero) is 1. The SMILES string of the molecule is CCCCN(CCCC)c1ccc(C(C)=O)cc1Br. The Labute approximate surface area is 125 Å². The van der Waals surface area contributed by atoms with Crippen LogP contribution in [0.5, 0.6) is 0 Å². The van der Waals surface area contributed by atoms with Crippen LogP contribution in [0.4, 0.5) is 5.69 Å². The lowest BCUT2D eigenvalue weighted by Crippen LogP contribution is -2.26. The molecule has 0 bridgehead atoms. The van der Waals surface area contributed by atoms with Crippen molar-refractivity contribution < 1.29 is 4.79 Å². The molecule has 0 saturated carbocycles. The number of halogens is 1. The lowest BCUT2D eigenvalue weighted by molar-refractivity contribution is 0.101. The van der Waals surface area contributed by atoms with Crippen LogP contribution in [-0.4, -0.2) is 18.9 Å². The van der Waals surface area contributed by atoms with Gasteiger partial charge < -0.3 is 4.90 Å². The van der Waals surface area contributed by atoms with Crippen LogP contribution in [0.25, 0.3) is 0 Å². The molecule has 0 atom stereocenters. The van der Waals surface area contributed by atoms with Crippen LogP contribution in [0.15, 0.2) is 22.7 Å². The Kier molecular flexibility index (Phi) is 7.14. The monoisotopic (exact) mass is 325 g/mol. The van der Waals surface area contributed by atoms with Gasteiger partial charge in [-0.05, 0) is 53.9 Å². The molecule has 0 heterocycles. The van der Waals surface area contributed by atoms with Crippen LogP contribution in [0.3, 0.4) is 0 Å². The predicted molar refractivity (Wildman–Crippen MR) is 86.2 cm³/mol. The molecule has 1 rings (SSSR count). The summed E-state index contributed by atoms with van der Waals surface area (Å²) >= 11 is 3.61. The molecule has 0 aliphatic carbocycles. The van der Waals surface area contributed by atoms with Crippen molar-refractivity contribution in [3.05, 3.63) is 28.2 Å². The van der Waals surface area contributed by atoms with Gasteiger partial charge in [0.15, 0.2) is 5.78 Å². The second-order valence-corrected chi connectivity index (χ2v) is 5.77. The van der Waals surface area contributed by atoms with Crippen LogP contribution < -0.4 is 4.90 Å². The first kappa shape index (κ1) is 16.2. The van der Waals surface area contributed by atoms with E-state index >= 15 is 0 Å². The molecule has 0 fully saturated rings. The number of hydrogen-bond acceptors (Lipinski definition) is 2. The average molecular weight is 326 g/mol. The largest absolute Gasteiger partial charge is 0.371 e. The van der Waals surface area contributed by atoms with E-state index in [1.165, 1.54) is 31.4 Å². The highest BCUT2D eigenvalue weighted by Gasteiger charge is 2.11. The molecule has 0 aliphatic heterocycles. The number of nitrogens with zero attached hydrogens (tertiary/aromatic N) is 1. The van der Waals surface area contributed by atoms with Gasteiger partial charge in [-0.3, -0.25) is 4.79 Å². The smallest absolute Gasteiger partial charge is 0.159 e. The van der Waals surface area contributed by atoms with Gasteiger partial charge in [-0.1, -0.05) is 26.7 Å². The zero-order chi connectivity index (χ0) is 14.3. The Morgan fingerprint density at radius 3 is 2.16 bits per heavy atom. The molecule has 0 N–H and O–H groups in total. The number of rotatable bonds is 8. The maximum atomic E-state index is 11.4. The van der Waals surface area contributed by atoms with Crippen molar-refractivity contribution in [2.45, 2.75) is 46.5 Å². The minimum atomic E-state index is 0.112. The van der Waals surface area contributed by atoms with Crippen molar-refractivity contribution >= 4 is 27.4 Å². The van der Waals surface area contributed by atoms with Crippen LogP contribution in [0, 0.1) is 0 Å². The van der Waals surface area contributed by atoms with Gasteiger partial charge in [0, 0.05) is 23.1 Å². The summed E-state index contributed by atoms with van der Waals surface area (Å²) in [5.74, 6) is 0.112. The van der Waals surface area contributed by atoms with Crippen molar-refractivity contribution in [3.63, 3.8) is 0 Å². The zero-order valence-corrected chi connectivity index (χ0v) is 13.8. The Balaban J connectivity index is 2.90. The Morgan fingerprint density at radius 1 is 1.16 bits per heavy atom. The van der Waals surface area contributed by atoms with Gasteiger partial charge in [0.2, 0.25) is 0 Å². The molecular formula is C16H24BrNO. The van der Waals surface area contributed by atoms with E-state index in [4.69, 9.17) is 0 Å². The molecule has 0 aromatic heterocycles. The normalized spacial score (nSPS) is 10.5. The second kappa shape index (κ2) is 8.36. The van der Waals surface area contributed by atoms with Crippen LogP contribution in [0.1, 0.15) is 56.8 Å². The van der Waals surface area contributed by atoms with Crippen LogP contribution in [0.2, 0.25) is 0 Å². The van der Waals surface area contributed by atoms with Gasteiger partial charge in [0.05, 0.1) is 5.69 Å². The first-order chi connectivity index (χ1) is 9.10. The van der Waals surface area contributed by atoms with Gasteiger partial charge in [-0.25, -0.2) is 0 Å². The lowest BCUT2D eigenvalue weighted by atomic mass is 10.1. The highest BCUT2D eigenvalue weighted by atomic mass is 79.9. The standard InChI is InChI=1S/C16H24BrNO/c1-4-6-10-18(11-7-5-2)16-9-8-14(13(3)19)12-15(16)17/h8-9,12H,4-7,10-11H2,1-3H3. The van der Waals surface area contributed by atoms with E-state index in [1.54, 1.807) is 6.92 Å². The molecule has 19 heavy (non-hydrogen) atoms. The Hall–Kier alpha value is -0.830. The quantitative estimate of drug-likeness (QED) is 0.623. The van der Waals surface area contributed by atoms with Gasteiger partial charge in [-0.15, -0.1) is 0 Å². The highest BCUT2D eigenvalue weighted by Crippen LogP contribution is 2.28. The maximum Gasteiger partial charge on any atom is 0.159 e. The molecule has 0 saturated heterocycles. The number of unbranched alkanes of at least 4 members (excludes halogenated alkanes) is 2. The Bertz CT molecular complexity index is 409. The second-order valence-electron chi connectivity index (χ2n) is 4.92. The van der Waals surface area contributed by atoms with E-state index in [0.717, 1.165) is 23.1 Å². The first-order valence-electron chi connectivity index (χ1n) is 7.15. The minimum Gasteiger partial charge on any atom is -0.371 e. The average Bonchev–Trinajstić information content (AvgIpc) is 2.39. The minimum absolute atomic E-state index is 0.112. The van der Waals surface area contributed by atoms with Gasteiger partial charge in [0.1, 0.15) is 0 Å². The van der Waals surface area contributed by atoms with Crippen molar-refractivity contribution in [1.29, 1.82) is 0 Å². The van der Waals surface area contributed by atoms with E-state index in [-0.39, 0.29) is 5.78 Å². The Morgan fingerprint density at radius 2 is 1.74 bits per heavy atom. The topological polar surface area (TPSA) is 20.3 Å². The third kappa shape index (κ3) is 4.98. The molecule has 1 aromatic rings. The van der Waals surface area contributed by atoms with Crippen molar-refractivity contribution in [2.75, 3.05) is 18.0 Å². The highest BCUT2D eigenvalue weighted by molar-refractivity contribution is 9.10. The van der Waals surface area contributed by atoms with E-state index in [2.05, 4.69) is 40.7 Å². The molecule has 0 aliphatic rings. The van der Waals surface area contributed by atoms with Crippen molar-refractivity contribution in [2.24, 2.45) is 0 Å². The van der Waals surface area contributed by atoms with E-state index in [1.807, 2.05) is 12.1 Å². The number of ketones is 1. The molecule has 3 heteroatoms. The molecule has 106 valence electrons. The van der Waals surface area contributed by atoms with Gasteiger partial charge >= 0.3 is 0 Å². The summed E-state index contributed by atoms with van der Waals surface area (Å²) in [6, 6.07) is 5.92. The number of benzene rings is 1. The number of hydrogen-bond donors (Lipinski definition) is 0. The van der Waals surface area contributed by atoms with Crippen LogP contribution >= 0.6 is 15.9 Å². The third-order valence-corrected chi connectivity index (χ3v) is 3.89. The zero-order valence-electron chi connectivity index (χ0n) is 12.2. The predicted octanol–water partition coefficient (Wildman–Crippen LogP) is 5.06.